The molecule has 0 bridgehead atoms. The summed E-state index contributed by atoms with van der Waals surface area (Å²) in [6.45, 7) is 5.42. The van der Waals surface area contributed by atoms with Gasteiger partial charge in [0.05, 0.1) is 17.5 Å². The summed E-state index contributed by atoms with van der Waals surface area (Å²) in [5.74, 6) is 2.45. The van der Waals surface area contributed by atoms with Crippen LogP contribution in [-0.2, 0) is 0 Å². The average molecular weight is 461 g/mol. The highest BCUT2D eigenvalue weighted by Crippen LogP contribution is 2.42. The summed E-state index contributed by atoms with van der Waals surface area (Å²) in [6, 6.07) is 6.37. The number of aromatic nitrogens is 4. The van der Waals surface area contributed by atoms with Crippen LogP contribution in [0.5, 0.6) is 0 Å². The molecule has 1 saturated heterocycles. The first-order valence-corrected chi connectivity index (χ1v) is 12.7. The van der Waals surface area contributed by atoms with E-state index in [9.17, 15) is 4.79 Å². The topological polar surface area (TPSA) is 80.3 Å². The Morgan fingerprint density at radius 1 is 1.00 bits per heavy atom. The fraction of sp³-hybridized carbons (Fsp3) is 0.538. The van der Waals surface area contributed by atoms with Crippen molar-refractivity contribution in [2.75, 3.05) is 26.2 Å². The van der Waals surface area contributed by atoms with Crippen LogP contribution in [-0.4, -0.2) is 67.7 Å². The SMILES string of the molecule is Cc1ccc(-c2ccnc(-n3ncc(C(=O)N4CCN(C5CCCCC5)CC4)c3C3CC3)n2)o1. The highest BCUT2D eigenvalue weighted by atomic mass is 16.3. The smallest absolute Gasteiger partial charge is 0.257 e. The Bertz CT molecular complexity index is 1170. The monoisotopic (exact) mass is 460 g/mol. The normalized spacial score (nSPS) is 20.1. The quantitative estimate of drug-likeness (QED) is 0.568. The number of rotatable bonds is 5. The summed E-state index contributed by atoms with van der Waals surface area (Å²) in [5, 5.41) is 4.60. The lowest BCUT2D eigenvalue weighted by Crippen LogP contribution is -2.52. The van der Waals surface area contributed by atoms with E-state index < -0.39 is 0 Å². The van der Waals surface area contributed by atoms with Gasteiger partial charge in [0.15, 0.2) is 5.76 Å². The number of amides is 1. The lowest BCUT2D eigenvalue weighted by molar-refractivity contribution is 0.0522. The summed E-state index contributed by atoms with van der Waals surface area (Å²) < 4.78 is 7.51. The van der Waals surface area contributed by atoms with Crippen LogP contribution in [0.25, 0.3) is 17.4 Å². The van der Waals surface area contributed by atoms with Gasteiger partial charge in [-0.2, -0.15) is 5.10 Å². The first-order valence-electron chi connectivity index (χ1n) is 12.7. The molecule has 4 heterocycles. The van der Waals surface area contributed by atoms with Crippen LogP contribution in [0, 0.1) is 6.92 Å². The van der Waals surface area contributed by atoms with Crippen molar-refractivity contribution in [1.29, 1.82) is 0 Å². The largest absolute Gasteiger partial charge is 0.460 e. The minimum Gasteiger partial charge on any atom is -0.460 e. The highest BCUT2D eigenvalue weighted by Gasteiger charge is 2.36. The zero-order chi connectivity index (χ0) is 23.1. The second-order valence-electron chi connectivity index (χ2n) is 9.90. The number of carbonyl (C=O) groups is 1. The molecule has 3 fully saturated rings. The number of furan rings is 1. The van der Waals surface area contributed by atoms with Gasteiger partial charge < -0.3 is 9.32 Å². The van der Waals surface area contributed by atoms with E-state index in [-0.39, 0.29) is 5.91 Å². The minimum absolute atomic E-state index is 0.0919. The molecule has 1 aliphatic heterocycles. The molecule has 0 radical (unpaired) electrons. The Morgan fingerprint density at radius 3 is 2.50 bits per heavy atom. The van der Waals surface area contributed by atoms with Gasteiger partial charge in [-0.15, -0.1) is 0 Å². The van der Waals surface area contributed by atoms with Gasteiger partial charge >= 0.3 is 0 Å². The number of hydrogen-bond donors (Lipinski definition) is 0. The third-order valence-corrected chi connectivity index (χ3v) is 7.52. The highest BCUT2D eigenvalue weighted by molar-refractivity contribution is 5.95. The van der Waals surface area contributed by atoms with Gasteiger partial charge in [0.2, 0.25) is 0 Å². The number of hydrogen-bond acceptors (Lipinski definition) is 6. The van der Waals surface area contributed by atoms with E-state index in [1.807, 2.05) is 30.0 Å². The summed E-state index contributed by atoms with van der Waals surface area (Å²) in [4.78, 5) is 27.4. The average Bonchev–Trinajstić information content (AvgIpc) is 3.48. The van der Waals surface area contributed by atoms with Crippen LogP contribution < -0.4 is 0 Å². The molecule has 0 unspecified atom stereocenters. The van der Waals surface area contributed by atoms with E-state index >= 15 is 0 Å². The van der Waals surface area contributed by atoms with E-state index in [1.165, 1.54) is 32.1 Å². The zero-order valence-electron chi connectivity index (χ0n) is 19.8. The first kappa shape index (κ1) is 21.5. The third kappa shape index (κ3) is 4.15. The molecule has 6 rings (SSSR count). The standard InChI is InChI=1S/C26H32N6O2/c1-18-7-10-23(34-18)22-11-12-27-26(29-22)32-24(19-8-9-19)21(17-28-32)25(33)31-15-13-30(14-16-31)20-5-3-2-4-6-20/h7,10-12,17,19-20H,2-6,8-9,13-16H2,1H3. The van der Waals surface area contributed by atoms with Gasteiger partial charge in [-0.25, -0.2) is 14.6 Å². The van der Waals surface area contributed by atoms with Gasteiger partial charge in [-0.3, -0.25) is 9.69 Å². The van der Waals surface area contributed by atoms with Crippen molar-refractivity contribution in [2.24, 2.45) is 0 Å². The van der Waals surface area contributed by atoms with E-state index in [2.05, 4.69) is 15.0 Å². The molecule has 0 N–H and O–H groups in total. The van der Waals surface area contributed by atoms with Crippen LogP contribution in [0.4, 0.5) is 0 Å². The lowest BCUT2D eigenvalue weighted by atomic mass is 9.94. The number of nitrogens with zero attached hydrogens (tertiary/aromatic N) is 6. The van der Waals surface area contributed by atoms with Gasteiger partial charge in [0, 0.05) is 44.3 Å². The van der Waals surface area contributed by atoms with Crippen LogP contribution in [0.2, 0.25) is 0 Å². The van der Waals surface area contributed by atoms with Crippen molar-refractivity contribution < 1.29 is 9.21 Å². The predicted octanol–water partition coefficient (Wildman–Crippen LogP) is 4.20. The molecule has 178 valence electrons. The maximum Gasteiger partial charge on any atom is 0.257 e. The molecular weight excluding hydrogens is 428 g/mol. The molecule has 3 aromatic heterocycles. The second-order valence-corrected chi connectivity index (χ2v) is 9.90. The molecule has 8 nitrogen and oxygen atoms in total. The molecular formula is C26H32N6O2. The Hall–Kier alpha value is -3.00. The Labute approximate surface area is 200 Å². The molecule has 0 atom stereocenters. The lowest BCUT2D eigenvalue weighted by Gasteiger charge is -2.40. The summed E-state index contributed by atoms with van der Waals surface area (Å²) in [5.41, 5.74) is 2.37. The van der Waals surface area contributed by atoms with Gasteiger partial charge in [0.1, 0.15) is 11.5 Å². The second kappa shape index (κ2) is 8.98. The van der Waals surface area contributed by atoms with Crippen molar-refractivity contribution >= 4 is 5.91 Å². The van der Waals surface area contributed by atoms with Crippen LogP contribution in [0.15, 0.2) is 35.0 Å². The molecule has 2 aliphatic carbocycles. The van der Waals surface area contributed by atoms with Crippen molar-refractivity contribution in [1.82, 2.24) is 29.5 Å². The molecule has 8 heteroatoms. The van der Waals surface area contributed by atoms with Crippen LogP contribution >= 0.6 is 0 Å². The maximum absolute atomic E-state index is 13.6. The van der Waals surface area contributed by atoms with Crippen LogP contribution in [0.1, 0.15) is 72.7 Å². The third-order valence-electron chi connectivity index (χ3n) is 7.52. The minimum atomic E-state index is 0.0919. The molecule has 3 aliphatic rings. The molecule has 34 heavy (non-hydrogen) atoms. The van der Waals surface area contributed by atoms with Crippen molar-refractivity contribution in [2.45, 2.75) is 63.8 Å². The fourth-order valence-electron chi connectivity index (χ4n) is 5.50. The maximum atomic E-state index is 13.6. The van der Waals surface area contributed by atoms with Gasteiger partial charge in [-0.1, -0.05) is 19.3 Å². The number of carbonyl (C=O) groups excluding carboxylic acids is 1. The Morgan fingerprint density at radius 2 is 1.79 bits per heavy atom. The molecule has 3 aromatic rings. The van der Waals surface area contributed by atoms with Crippen molar-refractivity contribution in [3.05, 3.63) is 47.6 Å². The number of aryl methyl sites for hydroxylation is 1. The molecule has 0 aromatic carbocycles. The fourth-order valence-corrected chi connectivity index (χ4v) is 5.50. The predicted molar refractivity (Wildman–Crippen MR) is 128 cm³/mol. The molecule has 1 amide bonds. The van der Waals surface area contributed by atoms with Gasteiger partial charge in [0.25, 0.3) is 11.9 Å². The zero-order valence-corrected chi connectivity index (χ0v) is 19.8. The van der Waals surface area contributed by atoms with E-state index in [0.717, 1.165) is 50.5 Å². The summed E-state index contributed by atoms with van der Waals surface area (Å²) in [6.07, 6.45) is 12.3. The molecule has 2 saturated carbocycles. The van der Waals surface area contributed by atoms with E-state index in [4.69, 9.17) is 9.40 Å². The Balaban J connectivity index is 1.22. The number of piperazine rings is 1. The van der Waals surface area contributed by atoms with Crippen LogP contribution in [0.3, 0.4) is 0 Å². The van der Waals surface area contributed by atoms with Crippen molar-refractivity contribution in [3.8, 4) is 17.4 Å². The van der Waals surface area contributed by atoms with E-state index in [1.54, 1.807) is 17.1 Å². The Kier molecular flexibility index (Phi) is 5.69. The molecule has 0 spiro atoms. The van der Waals surface area contributed by atoms with E-state index in [0.29, 0.717) is 34.9 Å². The summed E-state index contributed by atoms with van der Waals surface area (Å²) >= 11 is 0. The van der Waals surface area contributed by atoms with Crippen molar-refractivity contribution in [3.63, 3.8) is 0 Å². The van der Waals surface area contributed by atoms with Gasteiger partial charge in [-0.05, 0) is 50.8 Å². The first-order chi connectivity index (χ1) is 16.7. The summed E-state index contributed by atoms with van der Waals surface area (Å²) in [7, 11) is 0.